The number of halogens is 3. The molecule has 1 fully saturated rings. The molecule has 2 N–H and O–H groups in total. The number of carbonyl (C=O) groups excluding carboxylic acids is 2. The van der Waals surface area contributed by atoms with Gasteiger partial charge in [-0.25, -0.2) is 0 Å². The third kappa shape index (κ3) is 7.20. The van der Waals surface area contributed by atoms with E-state index in [1.54, 1.807) is 6.07 Å². The van der Waals surface area contributed by atoms with E-state index < -0.39 is 17.7 Å². The van der Waals surface area contributed by atoms with Crippen molar-refractivity contribution in [2.45, 2.75) is 38.3 Å². The zero-order valence-electron chi connectivity index (χ0n) is 23.3. The van der Waals surface area contributed by atoms with E-state index >= 15 is 0 Å². The fourth-order valence-electron chi connectivity index (χ4n) is 5.34. The Hall–Kier alpha value is -4.12. The van der Waals surface area contributed by atoms with Crippen molar-refractivity contribution in [3.05, 3.63) is 77.1 Å². The topological polar surface area (TPSA) is 92.8 Å². The highest BCUT2D eigenvalue weighted by Crippen LogP contribution is 2.36. The lowest BCUT2D eigenvalue weighted by atomic mass is 9.83. The van der Waals surface area contributed by atoms with Gasteiger partial charge in [-0.3, -0.25) is 19.5 Å². The summed E-state index contributed by atoms with van der Waals surface area (Å²) in [6.45, 7) is 2.95. The molecule has 2 heterocycles. The minimum atomic E-state index is -4.55. The Balaban J connectivity index is 1.28. The van der Waals surface area contributed by atoms with Crippen LogP contribution in [-0.4, -0.2) is 55.0 Å². The number of pyridine rings is 1. The number of nitrogens with zero attached hydrogens (tertiary/aromatic N) is 2. The number of anilines is 1. The van der Waals surface area contributed by atoms with Gasteiger partial charge in [-0.15, -0.1) is 0 Å². The molecular formula is C31H33F3N4O4. The highest BCUT2D eigenvalue weighted by Gasteiger charge is 2.32. The van der Waals surface area contributed by atoms with Crippen LogP contribution < -0.4 is 20.1 Å². The van der Waals surface area contributed by atoms with Crippen LogP contribution in [0.1, 0.15) is 46.4 Å². The monoisotopic (exact) mass is 582 g/mol. The Morgan fingerprint density at radius 2 is 1.81 bits per heavy atom. The van der Waals surface area contributed by atoms with E-state index in [0.29, 0.717) is 43.9 Å². The molecule has 5 rings (SSSR count). The van der Waals surface area contributed by atoms with Crippen molar-refractivity contribution in [2.75, 3.05) is 38.6 Å². The first-order valence-corrected chi connectivity index (χ1v) is 14.0. The number of amides is 2. The smallest absolute Gasteiger partial charge is 0.416 e. The lowest BCUT2D eigenvalue weighted by Crippen LogP contribution is -2.29. The van der Waals surface area contributed by atoms with Gasteiger partial charge < -0.3 is 20.1 Å². The summed E-state index contributed by atoms with van der Waals surface area (Å²) < 4.78 is 52.3. The molecule has 3 aromatic rings. The van der Waals surface area contributed by atoms with Gasteiger partial charge in [-0.1, -0.05) is 6.07 Å². The van der Waals surface area contributed by atoms with E-state index in [4.69, 9.17) is 9.47 Å². The maximum atomic E-state index is 13.5. The SMILES string of the molecule is CNC(=O)c1cc(Oc2ccc3c(c2)CC(C(=O)Nc2cc(C(F)(F)F)ccc2OCCN2CCCC2)CC3)ccn1. The van der Waals surface area contributed by atoms with Crippen LogP contribution in [0.15, 0.2) is 54.7 Å². The second kappa shape index (κ2) is 12.8. The summed E-state index contributed by atoms with van der Waals surface area (Å²) in [6, 6.07) is 12.0. The largest absolute Gasteiger partial charge is 0.490 e. The molecule has 2 aliphatic rings. The van der Waals surface area contributed by atoms with Gasteiger partial charge in [0.05, 0.1) is 11.3 Å². The van der Waals surface area contributed by atoms with Crippen LogP contribution in [0.3, 0.4) is 0 Å². The molecule has 2 amide bonds. The zero-order valence-corrected chi connectivity index (χ0v) is 23.3. The molecular weight excluding hydrogens is 549 g/mol. The number of aromatic nitrogens is 1. The van der Waals surface area contributed by atoms with Crippen LogP contribution in [-0.2, 0) is 23.8 Å². The zero-order chi connectivity index (χ0) is 29.7. The number of rotatable bonds is 9. The number of hydrogen-bond donors (Lipinski definition) is 2. The van der Waals surface area contributed by atoms with Gasteiger partial charge in [0.1, 0.15) is 29.5 Å². The van der Waals surface area contributed by atoms with E-state index in [-0.39, 0.29) is 28.9 Å². The number of carbonyl (C=O) groups is 2. The van der Waals surface area contributed by atoms with Crippen molar-refractivity contribution in [1.82, 2.24) is 15.2 Å². The maximum Gasteiger partial charge on any atom is 0.416 e. The van der Waals surface area contributed by atoms with E-state index in [0.717, 1.165) is 49.2 Å². The molecule has 1 atom stereocenters. The molecule has 1 aliphatic heterocycles. The summed E-state index contributed by atoms with van der Waals surface area (Å²) in [5.74, 6) is 0.0584. The molecule has 222 valence electrons. The fraction of sp³-hybridized carbons (Fsp3) is 0.387. The Morgan fingerprint density at radius 3 is 2.57 bits per heavy atom. The Labute approximate surface area is 242 Å². The molecule has 0 bridgehead atoms. The summed E-state index contributed by atoms with van der Waals surface area (Å²) >= 11 is 0. The number of nitrogens with one attached hydrogen (secondary N) is 2. The van der Waals surface area contributed by atoms with Crippen LogP contribution >= 0.6 is 0 Å². The van der Waals surface area contributed by atoms with E-state index in [2.05, 4.69) is 20.5 Å². The van der Waals surface area contributed by atoms with Crippen molar-refractivity contribution in [2.24, 2.45) is 5.92 Å². The quantitative estimate of drug-likeness (QED) is 0.348. The lowest BCUT2D eigenvalue weighted by molar-refractivity contribution is -0.137. The van der Waals surface area contributed by atoms with Gasteiger partial charge in [0.25, 0.3) is 5.91 Å². The first-order valence-electron chi connectivity index (χ1n) is 14.0. The van der Waals surface area contributed by atoms with Crippen LogP contribution in [0.4, 0.5) is 18.9 Å². The molecule has 0 radical (unpaired) electrons. The molecule has 1 saturated heterocycles. The van der Waals surface area contributed by atoms with Crippen LogP contribution in [0, 0.1) is 5.92 Å². The normalized spacial score (nSPS) is 16.9. The first-order chi connectivity index (χ1) is 20.2. The predicted molar refractivity (Wildman–Crippen MR) is 151 cm³/mol. The first kappa shape index (κ1) is 29.4. The number of fused-ring (bicyclic) bond motifs is 1. The van der Waals surface area contributed by atoms with Crippen molar-refractivity contribution in [3.8, 4) is 17.2 Å². The summed E-state index contributed by atoms with van der Waals surface area (Å²) in [6.07, 6.45) is 0.793. The molecule has 8 nitrogen and oxygen atoms in total. The van der Waals surface area contributed by atoms with Crippen LogP contribution in [0.25, 0.3) is 0 Å². The summed E-state index contributed by atoms with van der Waals surface area (Å²) in [4.78, 5) is 31.5. The van der Waals surface area contributed by atoms with E-state index in [9.17, 15) is 22.8 Å². The molecule has 42 heavy (non-hydrogen) atoms. The second-order valence-electron chi connectivity index (χ2n) is 10.5. The maximum absolute atomic E-state index is 13.5. The Kier molecular flexibility index (Phi) is 8.96. The molecule has 0 spiro atoms. The number of likely N-dealkylation sites (tertiary alicyclic amines) is 1. The Morgan fingerprint density at radius 1 is 1.02 bits per heavy atom. The second-order valence-corrected chi connectivity index (χ2v) is 10.5. The van der Waals surface area contributed by atoms with Gasteiger partial charge in [0.2, 0.25) is 5.91 Å². The molecule has 1 aromatic heterocycles. The number of benzene rings is 2. The molecule has 1 aliphatic carbocycles. The van der Waals surface area contributed by atoms with Crippen molar-refractivity contribution in [1.29, 1.82) is 0 Å². The third-order valence-electron chi connectivity index (χ3n) is 7.63. The van der Waals surface area contributed by atoms with Crippen molar-refractivity contribution < 1.29 is 32.2 Å². The van der Waals surface area contributed by atoms with Crippen molar-refractivity contribution in [3.63, 3.8) is 0 Å². The highest BCUT2D eigenvalue weighted by atomic mass is 19.4. The standard InChI is InChI=1S/C31H33F3N4O4/c1-35-30(40)27-19-25(10-11-36-27)42-24-8-6-20-4-5-21(16-22(20)17-24)29(39)37-26-18-23(31(32,33)34)7-9-28(26)41-15-14-38-12-2-3-13-38/h6-11,17-19,21H,2-5,12-16H2,1H3,(H,35,40)(H,37,39). The third-order valence-corrected chi connectivity index (χ3v) is 7.63. The fourth-order valence-corrected chi connectivity index (χ4v) is 5.34. The highest BCUT2D eigenvalue weighted by molar-refractivity contribution is 5.94. The number of alkyl halides is 3. The Bertz CT molecular complexity index is 1440. The average molecular weight is 583 g/mol. The summed E-state index contributed by atoms with van der Waals surface area (Å²) in [7, 11) is 1.52. The van der Waals surface area contributed by atoms with Gasteiger partial charge in [-0.2, -0.15) is 13.2 Å². The average Bonchev–Trinajstić information content (AvgIpc) is 3.50. The summed E-state index contributed by atoms with van der Waals surface area (Å²) in [5.41, 5.74) is 1.39. The number of hydrogen-bond acceptors (Lipinski definition) is 6. The molecule has 11 heteroatoms. The predicted octanol–water partition coefficient (Wildman–Crippen LogP) is 5.47. The minimum absolute atomic E-state index is 0.0173. The van der Waals surface area contributed by atoms with Crippen LogP contribution in [0.5, 0.6) is 17.2 Å². The number of aryl methyl sites for hydroxylation is 1. The van der Waals surface area contributed by atoms with Gasteiger partial charge in [0, 0.05) is 31.8 Å². The molecule has 2 aromatic carbocycles. The van der Waals surface area contributed by atoms with Crippen molar-refractivity contribution >= 4 is 17.5 Å². The molecule has 0 saturated carbocycles. The minimum Gasteiger partial charge on any atom is -0.490 e. The van der Waals surface area contributed by atoms with Crippen LogP contribution in [0.2, 0.25) is 0 Å². The van der Waals surface area contributed by atoms with E-state index in [1.807, 2.05) is 18.2 Å². The van der Waals surface area contributed by atoms with E-state index in [1.165, 1.54) is 25.4 Å². The molecule has 1 unspecified atom stereocenters. The van der Waals surface area contributed by atoms with Gasteiger partial charge >= 0.3 is 6.18 Å². The summed E-state index contributed by atoms with van der Waals surface area (Å²) in [5, 5.41) is 5.25. The van der Waals surface area contributed by atoms with Gasteiger partial charge in [-0.05, 0) is 92.7 Å². The van der Waals surface area contributed by atoms with Gasteiger partial charge in [0.15, 0.2) is 0 Å². The lowest BCUT2D eigenvalue weighted by Gasteiger charge is -2.25. The number of ether oxygens (including phenoxy) is 2.